The van der Waals surface area contributed by atoms with Crippen LogP contribution < -0.4 is 15.5 Å². The molecule has 114 valence electrons. The molecule has 0 bridgehead atoms. The standard InChI is InChI=1S/C19H23N3/c1-13-8-16(21-15-6-4-3-5-7-15)9-17-18-11-20-10-14(18)12-22(2)19(13)17/h3-9,14,18,20-21H,10-12H2,1-2H3. The second-order valence-electron chi connectivity index (χ2n) is 6.63. The van der Waals surface area contributed by atoms with Crippen LogP contribution in [0.2, 0.25) is 0 Å². The molecule has 2 unspecified atom stereocenters. The molecule has 3 nitrogen and oxygen atoms in total. The van der Waals surface area contributed by atoms with Crippen molar-refractivity contribution in [1.82, 2.24) is 5.32 Å². The van der Waals surface area contributed by atoms with E-state index in [1.54, 1.807) is 0 Å². The zero-order valence-corrected chi connectivity index (χ0v) is 13.3. The lowest BCUT2D eigenvalue weighted by molar-refractivity contribution is 0.496. The third kappa shape index (κ3) is 2.26. The van der Waals surface area contributed by atoms with Gasteiger partial charge in [0.2, 0.25) is 0 Å². The molecule has 2 aliphatic heterocycles. The van der Waals surface area contributed by atoms with E-state index in [4.69, 9.17) is 0 Å². The Kier molecular flexibility index (Phi) is 3.30. The lowest BCUT2D eigenvalue weighted by Gasteiger charge is -2.37. The van der Waals surface area contributed by atoms with Crippen molar-refractivity contribution < 1.29 is 0 Å². The molecule has 0 saturated carbocycles. The molecule has 1 fully saturated rings. The van der Waals surface area contributed by atoms with Gasteiger partial charge < -0.3 is 15.5 Å². The van der Waals surface area contributed by atoms with Crippen LogP contribution in [0.5, 0.6) is 0 Å². The fourth-order valence-corrected chi connectivity index (χ4v) is 4.10. The molecule has 2 heterocycles. The Morgan fingerprint density at radius 1 is 1.09 bits per heavy atom. The van der Waals surface area contributed by atoms with E-state index in [0.717, 1.165) is 31.2 Å². The SMILES string of the molecule is Cc1cc(Nc2ccccc2)cc2c1N(C)CC1CNCC21. The Bertz CT molecular complexity index is 681. The van der Waals surface area contributed by atoms with E-state index in [2.05, 4.69) is 65.9 Å². The predicted octanol–water partition coefficient (Wildman–Crippen LogP) is 3.49. The van der Waals surface area contributed by atoms with Crippen LogP contribution in [0.15, 0.2) is 42.5 Å². The lowest BCUT2D eigenvalue weighted by Crippen LogP contribution is -2.35. The van der Waals surface area contributed by atoms with Crippen LogP contribution in [0.1, 0.15) is 17.0 Å². The third-order valence-electron chi connectivity index (χ3n) is 5.02. The van der Waals surface area contributed by atoms with Crippen LogP contribution in [-0.4, -0.2) is 26.7 Å². The normalized spacial score (nSPS) is 23.1. The molecule has 2 atom stereocenters. The first-order valence-corrected chi connectivity index (χ1v) is 8.11. The molecule has 0 radical (unpaired) electrons. The summed E-state index contributed by atoms with van der Waals surface area (Å²) in [5, 5.41) is 7.12. The Morgan fingerprint density at radius 3 is 2.73 bits per heavy atom. The van der Waals surface area contributed by atoms with Crippen LogP contribution in [0.3, 0.4) is 0 Å². The number of para-hydroxylation sites is 1. The average molecular weight is 293 g/mol. The highest BCUT2D eigenvalue weighted by molar-refractivity contribution is 5.71. The predicted molar refractivity (Wildman–Crippen MR) is 93.3 cm³/mol. The van der Waals surface area contributed by atoms with Gasteiger partial charge in [-0.15, -0.1) is 0 Å². The lowest BCUT2D eigenvalue weighted by atomic mass is 9.82. The Hall–Kier alpha value is -2.00. The maximum atomic E-state index is 3.57. The van der Waals surface area contributed by atoms with Gasteiger partial charge in [-0.1, -0.05) is 18.2 Å². The van der Waals surface area contributed by atoms with E-state index in [-0.39, 0.29) is 0 Å². The van der Waals surface area contributed by atoms with Crippen molar-refractivity contribution in [3.05, 3.63) is 53.6 Å². The number of anilines is 3. The number of fused-ring (bicyclic) bond motifs is 3. The Morgan fingerprint density at radius 2 is 1.91 bits per heavy atom. The highest BCUT2D eigenvalue weighted by atomic mass is 15.1. The smallest absolute Gasteiger partial charge is 0.0430 e. The molecule has 0 amide bonds. The molecule has 2 aromatic rings. The van der Waals surface area contributed by atoms with Crippen molar-refractivity contribution in [2.24, 2.45) is 5.92 Å². The molecule has 0 spiro atoms. The first kappa shape index (κ1) is 13.6. The van der Waals surface area contributed by atoms with Gasteiger partial charge in [-0.05, 0) is 48.2 Å². The number of nitrogens with one attached hydrogen (secondary N) is 2. The van der Waals surface area contributed by atoms with Gasteiger partial charge in [0.25, 0.3) is 0 Å². The largest absolute Gasteiger partial charge is 0.374 e. The molecule has 2 aromatic carbocycles. The molecule has 4 rings (SSSR count). The zero-order valence-electron chi connectivity index (χ0n) is 13.3. The minimum absolute atomic E-state index is 0.655. The summed E-state index contributed by atoms with van der Waals surface area (Å²) >= 11 is 0. The fraction of sp³-hybridized carbons (Fsp3) is 0.368. The van der Waals surface area contributed by atoms with Crippen LogP contribution >= 0.6 is 0 Å². The van der Waals surface area contributed by atoms with Gasteiger partial charge in [-0.3, -0.25) is 0 Å². The van der Waals surface area contributed by atoms with E-state index in [1.807, 2.05) is 6.07 Å². The van der Waals surface area contributed by atoms with Crippen molar-refractivity contribution in [2.45, 2.75) is 12.8 Å². The second-order valence-corrected chi connectivity index (χ2v) is 6.63. The number of aryl methyl sites for hydroxylation is 1. The monoisotopic (exact) mass is 293 g/mol. The minimum atomic E-state index is 0.655. The van der Waals surface area contributed by atoms with Gasteiger partial charge in [0.15, 0.2) is 0 Å². The maximum absolute atomic E-state index is 3.57. The zero-order chi connectivity index (χ0) is 15.1. The number of hydrogen-bond acceptors (Lipinski definition) is 3. The number of hydrogen-bond donors (Lipinski definition) is 2. The number of nitrogens with zero attached hydrogens (tertiary/aromatic N) is 1. The Labute approximate surface area is 132 Å². The maximum Gasteiger partial charge on any atom is 0.0430 e. The van der Waals surface area contributed by atoms with Crippen LogP contribution in [0, 0.1) is 12.8 Å². The highest BCUT2D eigenvalue weighted by Crippen LogP contribution is 2.43. The molecular formula is C19H23N3. The van der Waals surface area contributed by atoms with E-state index < -0.39 is 0 Å². The Balaban J connectivity index is 1.74. The summed E-state index contributed by atoms with van der Waals surface area (Å²) < 4.78 is 0. The van der Waals surface area contributed by atoms with Gasteiger partial charge in [-0.2, -0.15) is 0 Å². The minimum Gasteiger partial charge on any atom is -0.374 e. The van der Waals surface area contributed by atoms with Crippen molar-refractivity contribution in [1.29, 1.82) is 0 Å². The summed E-state index contributed by atoms with van der Waals surface area (Å²) in [6.07, 6.45) is 0. The third-order valence-corrected chi connectivity index (χ3v) is 5.02. The molecule has 22 heavy (non-hydrogen) atoms. The molecule has 1 saturated heterocycles. The van der Waals surface area contributed by atoms with E-state index in [1.165, 1.54) is 22.5 Å². The molecule has 0 aliphatic carbocycles. The second kappa shape index (κ2) is 5.33. The van der Waals surface area contributed by atoms with Gasteiger partial charge in [0.1, 0.15) is 0 Å². The van der Waals surface area contributed by atoms with Gasteiger partial charge in [0, 0.05) is 49.7 Å². The quantitative estimate of drug-likeness (QED) is 0.887. The van der Waals surface area contributed by atoms with Crippen LogP contribution in [0.4, 0.5) is 17.1 Å². The van der Waals surface area contributed by atoms with Crippen molar-refractivity contribution >= 4 is 17.1 Å². The molecule has 2 aliphatic rings. The summed E-state index contributed by atoms with van der Waals surface area (Å²) in [6.45, 7) is 5.65. The summed E-state index contributed by atoms with van der Waals surface area (Å²) in [5.74, 6) is 1.39. The fourth-order valence-electron chi connectivity index (χ4n) is 4.10. The van der Waals surface area contributed by atoms with Crippen LogP contribution in [-0.2, 0) is 0 Å². The van der Waals surface area contributed by atoms with Crippen molar-refractivity contribution in [3.63, 3.8) is 0 Å². The molecule has 2 N–H and O–H groups in total. The summed E-state index contributed by atoms with van der Waals surface area (Å²) in [5.41, 5.74) is 6.64. The van der Waals surface area contributed by atoms with E-state index in [9.17, 15) is 0 Å². The summed E-state index contributed by atoms with van der Waals surface area (Å²) in [4.78, 5) is 2.44. The van der Waals surface area contributed by atoms with Crippen LogP contribution in [0.25, 0.3) is 0 Å². The first-order valence-electron chi connectivity index (χ1n) is 8.11. The average Bonchev–Trinajstić information content (AvgIpc) is 2.96. The summed E-state index contributed by atoms with van der Waals surface area (Å²) in [6, 6.07) is 15.0. The molecule has 3 heteroatoms. The van der Waals surface area contributed by atoms with Gasteiger partial charge >= 0.3 is 0 Å². The number of rotatable bonds is 2. The first-order chi connectivity index (χ1) is 10.7. The molecular weight excluding hydrogens is 270 g/mol. The van der Waals surface area contributed by atoms with Gasteiger partial charge in [-0.25, -0.2) is 0 Å². The van der Waals surface area contributed by atoms with Crippen molar-refractivity contribution in [3.8, 4) is 0 Å². The van der Waals surface area contributed by atoms with Gasteiger partial charge in [0.05, 0.1) is 0 Å². The molecule has 0 aromatic heterocycles. The van der Waals surface area contributed by atoms with E-state index in [0.29, 0.717) is 5.92 Å². The number of benzene rings is 2. The topological polar surface area (TPSA) is 27.3 Å². The summed E-state index contributed by atoms with van der Waals surface area (Å²) in [7, 11) is 2.23. The highest BCUT2D eigenvalue weighted by Gasteiger charge is 2.36. The van der Waals surface area contributed by atoms with Crippen molar-refractivity contribution in [2.75, 3.05) is 36.9 Å². The van der Waals surface area contributed by atoms with E-state index >= 15 is 0 Å².